The number of hydrogen-bond donors (Lipinski definition) is 0. The lowest BCUT2D eigenvalue weighted by molar-refractivity contribution is 0.638. The molecular weight excluding hydrogens is 290 g/mol. The summed E-state index contributed by atoms with van der Waals surface area (Å²) in [5.41, 5.74) is 1.68. The first kappa shape index (κ1) is 13.8. The van der Waals surface area contributed by atoms with Crippen LogP contribution in [-0.4, -0.2) is 51.3 Å². The molecule has 0 atom stereocenters. The lowest BCUT2D eigenvalue weighted by Gasteiger charge is -2.36. The number of fused-ring (bicyclic) bond motifs is 1. The molecule has 0 unspecified atom stereocenters. The Bertz CT molecular complexity index is 805. The van der Waals surface area contributed by atoms with E-state index in [4.69, 9.17) is 0 Å². The summed E-state index contributed by atoms with van der Waals surface area (Å²) in [6.07, 6.45) is 3.34. The molecule has 0 spiro atoms. The van der Waals surface area contributed by atoms with Crippen LogP contribution in [0.2, 0.25) is 0 Å². The Morgan fingerprint density at radius 1 is 0.870 bits per heavy atom. The number of pyridine rings is 1. The van der Waals surface area contributed by atoms with Crippen molar-refractivity contribution in [1.29, 1.82) is 0 Å². The Morgan fingerprint density at radius 3 is 2.48 bits per heavy atom. The van der Waals surface area contributed by atoms with E-state index >= 15 is 0 Å². The van der Waals surface area contributed by atoms with Crippen LogP contribution >= 0.6 is 0 Å². The average molecular weight is 307 g/mol. The third-order valence-electron chi connectivity index (χ3n) is 4.07. The van der Waals surface area contributed by atoms with Crippen molar-refractivity contribution in [2.45, 2.75) is 6.92 Å². The molecule has 3 aromatic heterocycles. The monoisotopic (exact) mass is 307 g/mol. The summed E-state index contributed by atoms with van der Waals surface area (Å²) in [4.78, 5) is 17.5. The average Bonchev–Trinajstić information content (AvgIpc) is 2.62. The van der Waals surface area contributed by atoms with Crippen molar-refractivity contribution in [3.05, 3.63) is 42.5 Å². The number of aromatic nitrogens is 5. The molecule has 0 aromatic carbocycles. The van der Waals surface area contributed by atoms with Gasteiger partial charge in [-0.25, -0.2) is 15.0 Å². The number of piperazine rings is 1. The van der Waals surface area contributed by atoms with Crippen LogP contribution in [0, 0.1) is 6.92 Å². The van der Waals surface area contributed by atoms with E-state index in [-0.39, 0.29) is 0 Å². The third-order valence-corrected chi connectivity index (χ3v) is 4.07. The minimum Gasteiger partial charge on any atom is -0.352 e. The zero-order valence-electron chi connectivity index (χ0n) is 12.9. The molecule has 1 aliphatic rings. The lowest BCUT2D eigenvalue weighted by atomic mass is 10.2. The quantitative estimate of drug-likeness (QED) is 0.709. The van der Waals surface area contributed by atoms with Crippen molar-refractivity contribution < 1.29 is 0 Å². The second-order valence-electron chi connectivity index (χ2n) is 5.58. The predicted octanol–water partition coefficient (Wildman–Crippen LogP) is 1.45. The van der Waals surface area contributed by atoms with Crippen LogP contribution in [0.1, 0.15) is 5.69 Å². The topological polar surface area (TPSA) is 70.9 Å². The number of anilines is 2. The second kappa shape index (κ2) is 5.75. The SMILES string of the molecule is Cc1ccc(N2CCN(c3ncnc4ncccc34)CC2)nn1. The summed E-state index contributed by atoms with van der Waals surface area (Å²) < 4.78 is 0. The van der Waals surface area contributed by atoms with E-state index in [0.717, 1.165) is 54.5 Å². The molecule has 1 saturated heterocycles. The minimum atomic E-state index is 0.740. The molecule has 3 aromatic rings. The molecule has 7 nitrogen and oxygen atoms in total. The molecule has 0 saturated carbocycles. The van der Waals surface area contributed by atoms with Gasteiger partial charge in [-0.05, 0) is 31.2 Å². The van der Waals surface area contributed by atoms with Gasteiger partial charge in [0.2, 0.25) is 0 Å². The molecule has 1 aliphatic heterocycles. The molecule has 23 heavy (non-hydrogen) atoms. The molecule has 116 valence electrons. The van der Waals surface area contributed by atoms with Crippen LogP contribution in [0.3, 0.4) is 0 Å². The number of hydrogen-bond acceptors (Lipinski definition) is 7. The van der Waals surface area contributed by atoms with Gasteiger partial charge in [0.25, 0.3) is 0 Å². The maximum atomic E-state index is 4.47. The first-order valence-corrected chi connectivity index (χ1v) is 7.67. The highest BCUT2D eigenvalue weighted by molar-refractivity contribution is 5.86. The molecule has 4 heterocycles. The van der Waals surface area contributed by atoms with Gasteiger partial charge in [0.05, 0.1) is 11.1 Å². The summed E-state index contributed by atoms with van der Waals surface area (Å²) in [5.74, 6) is 1.89. The van der Waals surface area contributed by atoms with Crippen LogP contribution in [0.4, 0.5) is 11.6 Å². The fourth-order valence-corrected chi connectivity index (χ4v) is 2.84. The summed E-state index contributed by atoms with van der Waals surface area (Å²) in [6, 6.07) is 7.98. The highest BCUT2D eigenvalue weighted by Gasteiger charge is 2.21. The predicted molar refractivity (Wildman–Crippen MR) is 88.5 cm³/mol. The summed E-state index contributed by atoms with van der Waals surface area (Å²) in [6.45, 7) is 5.50. The summed E-state index contributed by atoms with van der Waals surface area (Å²) >= 11 is 0. The van der Waals surface area contributed by atoms with Gasteiger partial charge < -0.3 is 9.80 Å². The summed E-state index contributed by atoms with van der Waals surface area (Å²) in [7, 11) is 0. The maximum Gasteiger partial charge on any atom is 0.164 e. The Kier molecular flexibility index (Phi) is 3.45. The molecule has 0 N–H and O–H groups in total. The van der Waals surface area contributed by atoms with Crippen molar-refractivity contribution in [2.75, 3.05) is 36.0 Å². The number of aryl methyl sites for hydroxylation is 1. The summed E-state index contributed by atoms with van der Waals surface area (Å²) in [5, 5.41) is 9.41. The highest BCUT2D eigenvalue weighted by atomic mass is 15.3. The van der Waals surface area contributed by atoms with E-state index in [2.05, 4.69) is 34.9 Å². The maximum absolute atomic E-state index is 4.47. The zero-order valence-corrected chi connectivity index (χ0v) is 12.9. The highest BCUT2D eigenvalue weighted by Crippen LogP contribution is 2.23. The van der Waals surface area contributed by atoms with E-state index in [1.54, 1.807) is 12.5 Å². The lowest BCUT2D eigenvalue weighted by Crippen LogP contribution is -2.47. The zero-order chi connectivity index (χ0) is 15.6. The molecule has 0 aliphatic carbocycles. The van der Waals surface area contributed by atoms with Gasteiger partial charge in [0, 0.05) is 32.4 Å². The van der Waals surface area contributed by atoms with Crippen molar-refractivity contribution in [1.82, 2.24) is 25.1 Å². The van der Waals surface area contributed by atoms with Gasteiger partial charge >= 0.3 is 0 Å². The van der Waals surface area contributed by atoms with Crippen molar-refractivity contribution in [3.63, 3.8) is 0 Å². The largest absolute Gasteiger partial charge is 0.352 e. The molecule has 0 bridgehead atoms. The first-order chi connectivity index (χ1) is 11.3. The Labute approximate surface area is 134 Å². The fraction of sp³-hybridized carbons (Fsp3) is 0.312. The Hall–Kier alpha value is -2.83. The second-order valence-corrected chi connectivity index (χ2v) is 5.58. The van der Waals surface area contributed by atoms with Crippen molar-refractivity contribution in [3.8, 4) is 0 Å². The fourth-order valence-electron chi connectivity index (χ4n) is 2.84. The third kappa shape index (κ3) is 2.65. The van der Waals surface area contributed by atoms with Gasteiger partial charge in [-0.3, -0.25) is 0 Å². The van der Waals surface area contributed by atoms with Crippen LogP contribution in [0.15, 0.2) is 36.8 Å². The van der Waals surface area contributed by atoms with E-state index in [1.807, 2.05) is 31.2 Å². The number of rotatable bonds is 2. The first-order valence-electron chi connectivity index (χ1n) is 7.67. The van der Waals surface area contributed by atoms with E-state index in [0.29, 0.717) is 0 Å². The smallest absolute Gasteiger partial charge is 0.164 e. The van der Waals surface area contributed by atoms with Crippen LogP contribution in [0.25, 0.3) is 11.0 Å². The Morgan fingerprint density at radius 2 is 1.70 bits per heavy atom. The standard InChI is InChI=1S/C16H17N7/c1-12-4-5-14(21-20-12)22-7-9-23(10-8-22)16-13-3-2-6-17-15(13)18-11-19-16/h2-6,11H,7-10H2,1H3. The molecule has 1 fully saturated rings. The number of nitrogens with zero attached hydrogens (tertiary/aromatic N) is 7. The normalized spacial score (nSPS) is 15.2. The van der Waals surface area contributed by atoms with E-state index < -0.39 is 0 Å². The van der Waals surface area contributed by atoms with Crippen molar-refractivity contribution in [2.24, 2.45) is 0 Å². The minimum absolute atomic E-state index is 0.740. The van der Waals surface area contributed by atoms with Crippen molar-refractivity contribution >= 4 is 22.7 Å². The molecular formula is C16H17N7. The molecule has 7 heteroatoms. The van der Waals surface area contributed by atoms with Gasteiger partial charge in [0.1, 0.15) is 12.1 Å². The van der Waals surface area contributed by atoms with E-state index in [1.165, 1.54) is 0 Å². The van der Waals surface area contributed by atoms with Gasteiger partial charge in [0.15, 0.2) is 11.5 Å². The van der Waals surface area contributed by atoms with Gasteiger partial charge in [-0.1, -0.05) is 0 Å². The molecule has 0 amide bonds. The molecule has 4 rings (SSSR count). The van der Waals surface area contributed by atoms with Gasteiger partial charge in [-0.15, -0.1) is 5.10 Å². The molecule has 0 radical (unpaired) electrons. The van der Waals surface area contributed by atoms with Gasteiger partial charge in [-0.2, -0.15) is 5.10 Å². The van der Waals surface area contributed by atoms with E-state index in [9.17, 15) is 0 Å². The van der Waals surface area contributed by atoms with Crippen LogP contribution in [0.5, 0.6) is 0 Å². The Balaban J connectivity index is 1.54. The van der Waals surface area contributed by atoms with Crippen LogP contribution in [-0.2, 0) is 0 Å². The van der Waals surface area contributed by atoms with Crippen LogP contribution < -0.4 is 9.80 Å².